The fourth-order valence-corrected chi connectivity index (χ4v) is 11.0. The topological polar surface area (TPSA) is 78.9 Å². The molecule has 0 spiro atoms. The second-order valence-electron chi connectivity index (χ2n) is 24.8. The Balaban J connectivity index is 4.10. The van der Waals surface area contributed by atoms with Crippen molar-refractivity contribution < 1.29 is 28.6 Å². The number of allylic oxidation sites excluding steroid dienone is 10. The van der Waals surface area contributed by atoms with Crippen LogP contribution in [0.3, 0.4) is 0 Å². The summed E-state index contributed by atoms with van der Waals surface area (Å²) in [6.07, 6.45) is 92.9. The Morgan fingerprint density at radius 2 is 0.470 bits per heavy atom. The van der Waals surface area contributed by atoms with Crippen LogP contribution in [0, 0.1) is 0 Å². The van der Waals surface area contributed by atoms with Gasteiger partial charge in [0.15, 0.2) is 6.10 Å². The van der Waals surface area contributed by atoms with Gasteiger partial charge in [0.05, 0.1) is 0 Å². The molecule has 0 rings (SSSR count). The van der Waals surface area contributed by atoms with Gasteiger partial charge in [-0.1, -0.05) is 351 Å². The molecular weight excluding hydrogens is 1020 g/mol. The number of carbonyl (C=O) groups is 3. The summed E-state index contributed by atoms with van der Waals surface area (Å²) in [6.45, 7) is 6.54. The second-order valence-corrected chi connectivity index (χ2v) is 24.8. The van der Waals surface area contributed by atoms with Crippen LogP contribution in [0.15, 0.2) is 60.8 Å². The van der Waals surface area contributed by atoms with Gasteiger partial charge in [0, 0.05) is 19.3 Å². The van der Waals surface area contributed by atoms with Crippen LogP contribution >= 0.6 is 0 Å². The van der Waals surface area contributed by atoms with E-state index >= 15 is 0 Å². The van der Waals surface area contributed by atoms with Crippen molar-refractivity contribution in [2.45, 2.75) is 399 Å². The van der Waals surface area contributed by atoms with E-state index in [1.54, 1.807) is 0 Å². The smallest absolute Gasteiger partial charge is 0.306 e. The molecule has 0 heterocycles. The highest BCUT2D eigenvalue weighted by Crippen LogP contribution is 2.19. The van der Waals surface area contributed by atoms with E-state index in [-0.39, 0.29) is 31.1 Å². The summed E-state index contributed by atoms with van der Waals surface area (Å²) in [5.41, 5.74) is 0. The van der Waals surface area contributed by atoms with Crippen molar-refractivity contribution in [2.75, 3.05) is 13.2 Å². The van der Waals surface area contributed by atoms with Crippen molar-refractivity contribution in [3.63, 3.8) is 0 Å². The zero-order chi connectivity index (χ0) is 59.9. The Bertz CT molecular complexity index is 1470. The SMILES string of the molecule is CC/C=C\C/C=C\C/C=C\C/C=C\CCCCCCCCC(=O)OC(COC(=O)CCCCCCC/C=C\CCCCC)COC(=O)CCCCCCCCCCCCCCCCCCCCCCCCCCCCCCCCCCCC. The first kappa shape index (κ1) is 80.1. The van der Waals surface area contributed by atoms with E-state index in [4.69, 9.17) is 14.2 Å². The van der Waals surface area contributed by atoms with Crippen molar-refractivity contribution in [2.24, 2.45) is 0 Å². The van der Waals surface area contributed by atoms with Crippen molar-refractivity contribution in [1.82, 2.24) is 0 Å². The predicted octanol–water partition coefficient (Wildman–Crippen LogP) is 25.5. The van der Waals surface area contributed by atoms with Crippen LogP contribution in [-0.2, 0) is 28.6 Å². The lowest BCUT2D eigenvalue weighted by atomic mass is 10.0. The molecule has 0 amide bonds. The average molecular weight is 1160 g/mol. The van der Waals surface area contributed by atoms with Gasteiger partial charge in [-0.3, -0.25) is 14.4 Å². The third-order valence-electron chi connectivity index (χ3n) is 16.5. The van der Waals surface area contributed by atoms with Gasteiger partial charge in [-0.2, -0.15) is 0 Å². The standard InChI is InChI=1S/C77H140O6/c1-4-7-10-13-16-19-22-25-27-29-31-32-33-34-35-36-37-38-39-40-41-42-43-44-45-47-48-50-52-55-58-61-64-67-70-76(79)82-73-74(72-81-75(78)69-66-63-60-57-54-24-21-18-15-12-9-6-3)83-77(80)71-68-65-62-59-56-53-51-49-46-30-28-26-23-20-17-14-11-8-5-2/h8,11,17-18,20-21,26,28,46,49,74H,4-7,9-10,12-16,19,22-25,27,29-45,47-48,50-73H2,1-3H3/b11-8-,20-17-,21-18-,28-26-,49-46-. The van der Waals surface area contributed by atoms with Crippen LogP contribution in [0.5, 0.6) is 0 Å². The Morgan fingerprint density at radius 1 is 0.253 bits per heavy atom. The number of rotatable bonds is 68. The molecule has 0 aromatic carbocycles. The highest BCUT2D eigenvalue weighted by atomic mass is 16.6. The molecule has 6 heteroatoms. The molecule has 0 aliphatic carbocycles. The summed E-state index contributed by atoms with van der Waals surface area (Å²) in [6, 6.07) is 0. The lowest BCUT2D eigenvalue weighted by molar-refractivity contribution is -0.167. The molecule has 0 aromatic heterocycles. The Labute approximate surface area is 517 Å². The van der Waals surface area contributed by atoms with Crippen molar-refractivity contribution in [3.8, 4) is 0 Å². The van der Waals surface area contributed by atoms with Gasteiger partial charge in [-0.15, -0.1) is 0 Å². The molecule has 1 unspecified atom stereocenters. The Hall–Kier alpha value is -2.89. The normalized spacial score (nSPS) is 12.4. The minimum Gasteiger partial charge on any atom is -0.462 e. The van der Waals surface area contributed by atoms with E-state index in [9.17, 15) is 14.4 Å². The molecule has 0 bridgehead atoms. The maximum Gasteiger partial charge on any atom is 0.306 e. The first-order valence-electron chi connectivity index (χ1n) is 36.8. The minimum atomic E-state index is -0.785. The van der Waals surface area contributed by atoms with Crippen LogP contribution < -0.4 is 0 Å². The fourth-order valence-electron chi connectivity index (χ4n) is 11.0. The molecule has 6 nitrogen and oxygen atoms in total. The van der Waals surface area contributed by atoms with Crippen molar-refractivity contribution in [1.29, 1.82) is 0 Å². The van der Waals surface area contributed by atoms with Gasteiger partial charge >= 0.3 is 17.9 Å². The van der Waals surface area contributed by atoms with Gasteiger partial charge < -0.3 is 14.2 Å². The van der Waals surface area contributed by atoms with E-state index in [0.29, 0.717) is 19.3 Å². The summed E-state index contributed by atoms with van der Waals surface area (Å²) in [5, 5.41) is 0. The highest BCUT2D eigenvalue weighted by Gasteiger charge is 2.19. The Morgan fingerprint density at radius 3 is 0.771 bits per heavy atom. The second kappa shape index (κ2) is 71.6. The maximum atomic E-state index is 12.9. The van der Waals surface area contributed by atoms with E-state index in [2.05, 4.69) is 81.5 Å². The molecule has 0 saturated heterocycles. The molecule has 0 aromatic rings. The van der Waals surface area contributed by atoms with E-state index in [1.165, 1.54) is 250 Å². The van der Waals surface area contributed by atoms with Crippen LogP contribution in [0.4, 0.5) is 0 Å². The van der Waals surface area contributed by atoms with E-state index in [1.807, 2.05) is 0 Å². The molecule has 0 saturated carbocycles. The molecule has 0 aliphatic heterocycles. The number of carbonyl (C=O) groups excluding carboxylic acids is 3. The lowest BCUT2D eigenvalue weighted by Crippen LogP contribution is -2.30. The summed E-state index contributed by atoms with van der Waals surface area (Å²) in [7, 11) is 0. The summed E-state index contributed by atoms with van der Waals surface area (Å²) < 4.78 is 16.9. The molecule has 0 N–H and O–H groups in total. The van der Waals surface area contributed by atoms with Gasteiger partial charge in [0.25, 0.3) is 0 Å². The number of unbranched alkanes of at least 4 members (excludes halogenated alkanes) is 47. The molecule has 0 radical (unpaired) electrons. The highest BCUT2D eigenvalue weighted by molar-refractivity contribution is 5.71. The van der Waals surface area contributed by atoms with Crippen LogP contribution in [0.1, 0.15) is 393 Å². The van der Waals surface area contributed by atoms with Gasteiger partial charge in [-0.05, 0) is 83.5 Å². The molecule has 0 fully saturated rings. The van der Waals surface area contributed by atoms with Crippen LogP contribution in [0.25, 0.3) is 0 Å². The van der Waals surface area contributed by atoms with Gasteiger partial charge in [0.2, 0.25) is 0 Å². The summed E-state index contributed by atoms with van der Waals surface area (Å²) >= 11 is 0. The minimum absolute atomic E-state index is 0.0795. The zero-order valence-corrected chi connectivity index (χ0v) is 55.7. The number of esters is 3. The molecular formula is C77H140O6. The van der Waals surface area contributed by atoms with Crippen LogP contribution in [0.2, 0.25) is 0 Å². The first-order chi connectivity index (χ1) is 41.0. The number of hydrogen-bond donors (Lipinski definition) is 0. The zero-order valence-electron chi connectivity index (χ0n) is 55.7. The number of ether oxygens (including phenoxy) is 3. The van der Waals surface area contributed by atoms with Gasteiger partial charge in [-0.25, -0.2) is 0 Å². The fraction of sp³-hybridized carbons (Fsp3) is 0.831. The molecule has 484 valence electrons. The van der Waals surface area contributed by atoms with Crippen molar-refractivity contribution >= 4 is 17.9 Å². The maximum absolute atomic E-state index is 12.9. The van der Waals surface area contributed by atoms with Crippen molar-refractivity contribution in [3.05, 3.63) is 60.8 Å². The summed E-state index contributed by atoms with van der Waals surface area (Å²) in [5.74, 6) is -0.882. The number of hydrogen-bond acceptors (Lipinski definition) is 6. The largest absolute Gasteiger partial charge is 0.462 e. The lowest BCUT2D eigenvalue weighted by Gasteiger charge is -2.18. The third-order valence-corrected chi connectivity index (χ3v) is 16.5. The van der Waals surface area contributed by atoms with Crippen LogP contribution in [-0.4, -0.2) is 37.2 Å². The predicted molar refractivity (Wildman–Crippen MR) is 362 cm³/mol. The molecule has 83 heavy (non-hydrogen) atoms. The quantitative estimate of drug-likeness (QED) is 0.0261. The molecule has 0 aliphatic rings. The third kappa shape index (κ3) is 69.8. The van der Waals surface area contributed by atoms with Gasteiger partial charge in [0.1, 0.15) is 13.2 Å². The van der Waals surface area contributed by atoms with E-state index < -0.39 is 6.10 Å². The Kier molecular flexibility index (Phi) is 69.1. The monoisotopic (exact) mass is 1160 g/mol. The van der Waals surface area contributed by atoms with E-state index in [0.717, 1.165) is 103 Å². The first-order valence-corrected chi connectivity index (χ1v) is 36.8. The average Bonchev–Trinajstić information content (AvgIpc) is 3.49. The molecule has 1 atom stereocenters. The summed E-state index contributed by atoms with van der Waals surface area (Å²) in [4.78, 5) is 38.4.